The van der Waals surface area contributed by atoms with Gasteiger partial charge in [0.05, 0.1) is 6.61 Å². The van der Waals surface area contributed by atoms with Crippen molar-refractivity contribution in [2.45, 2.75) is 33.7 Å². The van der Waals surface area contributed by atoms with Crippen LogP contribution in [0.1, 0.15) is 27.7 Å². The Kier molecular flexibility index (Phi) is 6.58. The van der Waals surface area contributed by atoms with Gasteiger partial charge in [0.25, 0.3) is 0 Å². The molecule has 0 fully saturated rings. The van der Waals surface area contributed by atoms with Crippen molar-refractivity contribution < 1.29 is 9.47 Å². The topological polar surface area (TPSA) is 30.5 Å². The monoisotopic (exact) mass is 251 g/mol. The Labute approximate surface area is 110 Å². The maximum absolute atomic E-state index is 5.65. The van der Waals surface area contributed by atoms with Crippen LogP contribution < -0.4 is 14.8 Å². The fraction of sp³-hybridized carbons (Fsp3) is 0.600. The van der Waals surface area contributed by atoms with E-state index in [-0.39, 0.29) is 0 Å². The van der Waals surface area contributed by atoms with Crippen LogP contribution in [0.4, 0.5) is 0 Å². The zero-order chi connectivity index (χ0) is 13.4. The van der Waals surface area contributed by atoms with Crippen LogP contribution in [0.5, 0.6) is 11.5 Å². The summed E-state index contributed by atoms with van der Waals surface area (Å²) in [7, 11) is 0. The average molecular weight is 251 g/mol. The summed E-state index contributed by atoms with van der Waals surface area (Å²) in [5, 5.41) is 3.43. The first-order valence-electron chi connectivity index (χ1n) is 6.72. The molecular formula is C15H25NO2. The summed E-state index contributed by atoms with van der Waals surface area (Å²) < 4.78 is 11.0. The SMILES string of the molecule is CCOc1ccc(OCCNC(C)C(C)C)cc1. The van der Waals surface area contributed by atoms with E-state index in [0.29, 0.717) is 25.2 Å². The second kappa shape index (κ2) is 7.98. The lowest BCUT2D eigenvalue weighted by molar-refractivity contribution is 0.295. The summed E-state index contributed by atoms with van der Waals surface area (Å²) in [6, 6.07) is 8.27. The Balaban J connectivity index is 2.23. The van der Waals surface area contributed by atoms with Crippen LogP contribution in [0.25, 0.3) is 0 Å². The van der Waals surface area contributed by atoms with E-state index in [2.05, 4.69) is 26.1 Å². The van der Waals surface area contributed by atoms with Crippen LogP contribution in [0, 0.1) is 5.92 Å². The maximum atomic E-state index is 5.65. The number of ether oxygens (including phenoxy) is 2. The molecule has 0 aliphatic carbocycles. The summed E-state index contributed by atoms with van der Waals surface area (Å²) in [5.41, 5.74) is 0. The minimum absolute atomic E-state index is 0.522. The molecule has 1 aromatic carbocycles. The van der Waals surface area contributed by atoms with Crippen molar-refractivity contribution in [1.29, 1.82) is 0 Å². The minimum atomic E-state index is 0.522. The standard InChI is InChI=1S/C15H25NO2/c1-5-17-14-6-8-15(9-7-14)18-11-10-16-13(4)12(2)3/h6-9,12-13,16H,5,10-11H2,1-4H3. The Bertz CT molecular complexity index is 322. The molecule has 3 nitrogen and oxygen atoms in total. The third-order valence-electron chi connectivity index (χ3n) is 2.97. The van der Waals surface area contributed by atoms with Gasteiger partial charge in [-0.15, -0.1) is 0 Å². The van der Waals surface area contributed by atoms with E-state index in [1.165, 1.54) is 0 Å². The first-order chi connectivity index (χ1) is 8.63. The van der Waals surface area contributed by atoms with Crippen LogP contribution in [-0.4, -0.2) is 25.8 Å². The summed E-state index contributed by atoms with van der Waals surface area (Å²) >= 11 is 0. The van der Waals surface area contributed by atoms with Crippen LogP contribution in [0.2, 0.25) is 0 Å². The van der Waals surface area contributed by atoms with E-state index in [9.17, 15) is 0 Å². The minimum Gasteiger partial charge on any atom is -0.494 e. The lowest BCUT2D eigenvalue weighted by atomic mass is 10.1. The number of benzene rings is 1. The Morgan fingerprint density at radius 3 is 2.06 bits per heavy atom. The molecule has 1 rings (SSSR count). The van der Waals surface area contributed by atoms with Gasteiger partial charge in [-0.3, -0.25) is 0 Å². The van der Waals surface area contributed by atoms with Crippen molar-refractivity contribution in [3.05, 3.63) is 24.3 Å². The molecule has 1 unspecified atom stereocenters. The van der Waals surface area contributed by atoms with E-state index in [1.807, 2.05) is 31.2 Å². The Hall–Kier alpha value is -1.22. The molecule has 0 amide bonds. The summed E-state index contributed by atoms with van der Waals surface area (Å²) in [5.74, 6) is 2.42. The lowest BCUT2D eigenvalue weighted by Crippen LogP contribution is -2.33. The molecule has 0 bridgehead atoms. The highest BCUT2D eigenvalue weighted by Crippen LogP contribution is 2.17. The predicted molar refractivity (Wildman–Crippen MR) is 75.4 cm³/mol. The van der Waals surface area contributed by atoms with E-state index in [1.54, 1.807) is 0 Å². The van der Waals surface area contributed by atoms with Gasteiger partial charge in [0.2, 0.25) is 0 Å². The van der Waals surface area contributed by atoms with Crippen LogP contribution in [0.3, 0.4) is 0 Å². The Morgan fingerprint density at radius 1 is 1.00 bits per heavy atom. The van der Waals surface area contributed by atoms with E-state index in [4.69, 9.17) is 9.47 Å². The van der Waals surface area contributed by atoms with Crippen molar-refractivity contribution in [1.82, 2.24) is 5.32 Å². The number of rotatable bonds is 8. The van der Waals surface area contributed by atoms with Gasteiger partial charge >= 0.3 is 0 Å². The molecule has 1 aromatic rings. The van der Waals surface area contributed by atoms with Gasteiger partial charge in [0.15, 0.2) is 0 Å². The van der Waals surface area contributed by atoms with Gasteiger partial charge < -0.3 is 14.8 Å². The fourth-order valence-electron chi connectivity index (χ4n) is 1.49. The fourth-order valence-corrected chi connectivity index (χ4v) is 1.49. The first kappa shape index (κ1) is 14.8. The Morgan fingerprint density at radius 2 is 1.56 bits per heavy atom. The van der Waals surface area contributed by atoms with Crippen molar-refractivity contribution >= 4 is 0 Å². The maximum Gasteiger partial charge on any atom is 0.119 e. The smallest absolute Gasteiger partial charge is 0.119 e. The van der Waals surface area contributed by atoms with Gasteiger partial charge in [-0.2, -0.15) is 0 Å². The van der Waals surface area contributed by atoms with Gasteiger partial charge in [0, 0.05) is 12.6 Å². The van der Waals surface area contributed by atoms with Crippen molar-refractivity contribution in [3.8, 4) is 11.5 Å². The molecule has 0 radical (unpaired) electrons. The van der Waals surface area contributed by atoms with Crippen molar-refractivity contribution in [2.24, 2.45) is 5.92 Å². The zero-order valence-corrected chi connectivity index (χ0v) is 11.9. The largest absolute Gasteiger partial charge is 0.494 e. The molecule has 0 spiro atoms. The summed E-state index contributed by atoms with van der Waals surface area (Å²) in [6.45, 7) is 10.8. The molecule has 102 valence electrons. The number of nitrogens with one attached hydrogen (secondary N) is 1. The van der Waals surface area contributed by atoms with Crippen LogP contribution >= 0.6 is 0 Å². The molecule has 0 aliphatic rings. The predicted octanol–water partition coefficient (Wildman–Crippen LogP) is 3.10. The average Bonchev–Trinajstić information content (AvgIpc) is 2.36. The van der Waals surface area contributed by atoms with Gasteiger partial charge in [-0.05, 0) is 44.0 Å². The zero-order valence-electron chi connectivity index (χ0n) is 11.9. The van der Waals surface area contributed by atoms with Crippen molar-refractivity contribution in [2.75, 3.05) is 19.8 Å². The molecule has 0 aliphatic heterocycles. The normalized spacial score (nSPS) is 12.5. The van der Waals surface area contributed by atoms with Gasteiger partial charge in [0.1, 0.15) is 18.1 Å². The molecule has 1 N–H and O–H groups in total. The quantitative estimate of drug-likeness (QED) is 0.720. The van der Waals surface area contributed by atoms with Gasteiger partial charge in [-0.25, -0.2) is 0 Å². The third kappa shape index (κ3) is 5.41. The summed E-state index contributed by atoms with van der Waals surface area (Å²) in [4.78, 5) is 0. The molecule has 0 heterocycles. The molecule has 3 heteroatoms. The molecule has 18 heavy (non-hydrogen) atoms. The third-order valence-corrected chi connectivity index (χ3v) is 2.97. The molecule has 1 atom stereocenters. The highest BCUT2D eigenvalue weighted by molar-refractivity contribution is 5.31. The van der Waals surface area contributed by atoms with E-state index >= 15 is 0 Å². The van der Waals surface area contributed by atoms with Crippen LogP contribution in [0.15, 0.2) is 24.3 Å². The molecule has 0 saturated heterocycles. The molecular weight excluding hydrogens is 226 g/mol. The molecule has 0 aromatic heterocycles. The first-order valence-corrected chi connectivity index (χ1v) is 6.72. The second-order valence-corrected chi connectivity index (χ2v) is 4.74. The molecule has 0 saturated carbocycles. The van der Waals surface area contributed by atoms with E-state index in [0.717, 1.165) is 18.0 Å². The van der Waals surface area contributed by atoms with E-state index < -0.39 is 0 Å². The van der Waals surface area contributed by atoms with Crippen molar-refractivity contribution in [3.63, 3.8) is 0 Å². The highest BCUT2D eigenvalue weighted by Gasteiger charge is 2.04. The summed E-state index contributed by atoms with van der Waals surface area (Å²) in [6.07, 6.45) is 0. The van der Waals surface area contributed by atoms with Crippen LogP contribution in [-0.2, 0) is 0 Å². The lowest BCUT2D eigenvalue weighted by Gasteiger charge is -2.17. The highest BCUT2D eigenvalue weighted by atomic mass is 16.5. The number of hydrogen-bond acceptors (Lipinski definition) is 3. The number of hydrogen-bond donors (Lipinski definition) is 1. The second-order valence-electron chi connectivity index (χ2n) is 4.74. The van der Waals surface area contributed by atoms with Gasteiger partial charge in [-0.1, -0.05) is 13.8 Å².